The third-order valence-corrected chi connectivity index (χ3v) is 8.03. The second kappa shape index (κ2) is 11.6. The molecule has 0 spiro atoms. The Bertz CT molecular complexity index is 1250. The van der Waals surface area contributed by atoms with Crippen LogP contribution < -0.4 is 10.3 Å². The predicted octanol–water partition coefficient (Wildman–Crippen LogP) is 5.15. The molecule has 1 unspecified atom stereocenters. The van der Waals surface area contributed by atoms with Gasteiger partial charge in [0.15, 0.2) is 0 Å². The molecule has 3 aromatic rings. The highest BCUT2D eigenvalue weighted by molar-refractivity contribution is 7.89. The molecule has 0 aliphatic heterocycles. The first-order valence-electron chi connectivity index (χ1n) is 12.0. The third kappa shape index (κ3) is 5.50. The molecule has 0 saturated carbocycles. The van der Waals surface area contributed by atoms with E-state index in [0.29, 0.717) is 35.6 Å². The van der Waals surface area contributed by atoms with Crippen LogP contribution in [0.1, 0.15) is 64.7 Å². The number of benzene rings is 2. The highest BCUT2D eigenvalue weighted by Crippen LogP contribution is 2.29. The average molecular weight is 486 g/mol. The van der Waals surface area contributed by atoms with Gasteiger partial charge in [0.05, 0.1) is 29.0 Å². The van der Waals surface area contributed by atoms with Gasteiger partial charge in [-0.3, -0.25) is 9.36 Å². The SMILES string of the molecule is CCCCCCN(C(C)c1nc2ccccc2c(=O)n1CCC)S(=O)(=O)c1ccc(OC)cc1. The van der Waals surface area contributed by atoms with Crippen molar-refractivity contribution in [3.05, 3.63) is 64.7 Å². The number of rotatable bonds is 12. The third-order valence-electron chi connectivity index (χ3n) is 6.04. The van der Waals surface area contributed by atoms with Crippen LogP contribution in [0.4, 0.5) is 0 Å². The van der Waals surface area contributed by atoms with Gasteiger partial charge >= 0.3 is 0 Å². The largest absolute Gasteiger partial charge is 0.497 e. The molecule has 34 heavy (non-hydrogen) atoms. The molecule has 0 fully saturated rings. The van der Waals surface area contributed by atoms with Crippen LogP contribution in [-0.2, 0) is 16.6 Å². The van der Waals surface area contributed by atoms with E-state index in [1.807, 2.05) is 26.0 Å². The topological polar surface area (TPSA) is 81.5 Å². The number of methoxy groups -OCH3 is 1. The van der Waals surface area contributed by atoms with E-state index < -0.39 is 16.1 Å². The van der Waals surface area contributed by atoms with E-state index in [0.717, 1.165) is 32.1 Å². The van der Waals surface area contributed by atoms with Crippen molar-refractivity contribution < 1.29 is 13.2 Å². The van der Waals surface area contributed by atoms with Crippen molar-refractivity contribution in [3.63, 3.8) is 0 Å². The van der Waals surface area contributed by atoms with Gasteiger partial charge in [-0.25, -0.2) is 13.4 Å². The zero-order valence-corrected chi connectivity index (χ0v) is 21.3. The lowest BCUT2D eigenvalue weighted by molar-refractivity contribution is 0.312. The number of ether oxygens (including phenoxy) is 1. The molecule has 1 aromatic heterocycles. The van der Waals surface area contributed by atoms with Crippen molar-refractivity contribution in [2.75, 3.05) is 13.7 Å². The molecular formula is C26H35N3O4S. The van der Waals surface area contributed by atoms with E-state index in [1.54, 1.807) is 48.1 Å². The Morgan fingerprint density at radius 3 is 2.35 bits per heavy atom. The average Bonchev–Trinajstić information content (AvgIpc) is 2.85. The van der Waals surface area contributed by atoms with E-state index in [9.17, 15) is 13.2 Å². The van der Waals surface area contributed by atoms with Crippen LogP contribution in [0.15, 0.2) is 58.2 Å². The van der Waals surface area contributed by atoms with Crippen molar-refractivity contribution in [1.29, 1.82) is 0 Å². The molecule has 0 N–H and O–H groups in total. The summed E-state index contributed by atoms with van der Waals surface area (Å²) >= 11 is 0. The molecule has 2 aromatic carbocycles. The Kier molecular flexibility index (Phi) is 8.85. The molecule has 8 heteroatoms. The fourth-order valence-corrected chi connectivity index (χ4v) is 5.80. The molecule has 0 bridgehead atoms. The van der Waals surface area contributed by atoms with Gasteiger partial charge in [0.25, 0.3) is 5.56 Å². The lowest BCUT2D eigenvalue weighted by Crippen LogP contribution is -2.38. The number of sulfonamides is 1. The summed E-state index contributed by atoms with van der Waals surface area (Å²) in [5.41, 5.74) is 0.441. The number of hydrogen-bond donors (Lipinski definition) is 0. The normalized spacial score (nSPS) is 12.9. The van der Waals surface area contributed by atoms with Crippen molar-refractivity contribution in [1.82, 2.24) is 13.9 Å². The number of fused-ring (bicyclic) bond motifs is 1. The lowest BCUT2D eigenvalue weighted by Gasteiger charge is -2.30. The summed E-state index contributed by atoms with van der Waals surface area (Å²) in [6.45, 7) is 6.76. The molecule has 0 aliphatic carbocycles. The smallest absolute Gasteiger partial charge is 0.261 e. The van der Waals surface area contributed by atoms with Crippen LogP contribution in [0.3, 0.4) is 0 Å². The van der Waals surface area contributed by atoms with Gasteiger partial charge in [-0.15, -0.1) is 0 Å². The van der Waals surface area contributed by atoms with Crippen molar-refractivity contribution >= 4 is 20.9 Å². The monoisotopic (exact) mass is 485 g/mol. The number of aromatic nitrogens is 2. The molecule has 7 nitrogen and oxygen atoms in total. The Hall–Kier alpha value is -2.71. The molecule has 0 saturated heterocycles. The van der Waals surface area contributed by atoms with Crippen molar-refractivity contribution in [3.8, 4) is 5.75 Å². The van der Waals surface area contributed by atoms with Gasteiger partial charge in [0.2, 0.25) is 10.0 Å². The quantitative estimate of drug-likeness (QED) is 0.332. The fourth-order valence-electron chi connectivity index (χ4n) is 4.17. The summed E-state index contributed by atoms with van der Waals surface area (Å²) in [6, 6.07) is 13.0. The first-order valence-corrected chi connectivity index (χ1v) is 13.4. The second-order valence-electron chi connectivity index (χ2n) is 8.47. The van der Waals surface area contributed by atoms with Crippen LogP contribution in [-0.4, -0.2) is 35.9 Å². The Balaban J connectivity index is 2.11. The number of nitrogens with zero attached hydrogens (tertiary/aromatic N) is 3. The second-order valence-corrected chi connectivity index (χ2v) is 10.4. The Morgan fingerprint density at radius 2 is 1.71 bits per heavy atom. The molecule has 184 valence electrons. The van der Waals surface area contributed by atoms with E-state index in [1.165, 1.54) is 4.31 Å². The fraction of sp³-hybridized carbons (Fsp3) is 0.462. The summed E-state index contributed by atoms with van der Waals surface area (Å²) in [5.74, 6) is 1.06. The Morgan fingerprint density at radius 1 is 1.00 bits per heavy atom. The maximum atomic E-state index is 13.8. The van der Waals surface area contributed by atoms with Crippen LogP contribution in [0.2, 0.25) is 0 Å². The minimum Gasteiger partial charge on any atom is -0.497 e. The van der Waals surface area contributed by atoms with Gasteiger partial charge in [-0.05, 0) is 56.2 Å². The highest BCUT2D eigenvalue weighted by Gasteiger charge is 2.32. The van der Waals surface area contributed by atoms with E-state index in [4.69, 9.17) is 9.72 Å². The van der Waals surface area contributed by atoms with Gasteiger partial charge in [-0.2, -0.15) is 4.31 Å². The lowest BCUT2D eigenvalue weighted by atomic mass is 10.2. The summed E-state index contributed by atoms with van der Waals surface area (Å²) in [6.07, 6.45) is 4.51. The van der Waals surface area contributed by atoms with Crippen LogP contribution in [0.5, 0.6) is 5.75 Å². The van der Waals surface area contributed by atoms with Gasteiger partial charge in [0, 0.05) is 13.1 Å². The summed E-state index contributed by atoms with van der Waals surface area (Å²) in [4.78, 5) is 18.3. The predicted molar refractivity (Wildman–Crippen MR) is 136 cm³/mol. The van der Waals surface area contributed by atoms with Gasteiger partial charge in [0.1, 0.15) is 11.6 Å². The minimum atomic E-state index is -3.84. The molecule has 1 atom stereocenters. The van der Waals surface area contributed by atoms with Crippen molar-refractivity contribution in [2.45, 2.75) is 70.4 Å². The molecule has 0 amide bonds. The molecule has 1 heterocycles. The zero-order chi connectivity index (χ0) is 24.7. The number of hydrogen-bond acceptors (Lipinski definition) is 5. The standard InChI is InChI=1S/C26H35N3O4S/c1-5-7-8-11-19-29(34(31,32)22-16-14-21(33-4)15-17-22)20(3)25-27-24-13-10-9-12-23(24)26(30)28(25)18-6-2/h9-10,12-17,20H,5-8,11,18-19H2,1-4H3. The van der Waals surface area contributed by atoms with Crippen molar-refractivity contribution in [2.24, 2.45) is 0 Å². The van der Waals surface area contributed by atoms with Crippen LogP contribution in [0.25, 0.3) is 10.9 Å². The minimum absolute atomic E-state index is 0.137. The Labute approximate surface area is 202 Å². The molecular weight excluding hydrogens is 450 g/mol. The van der Waals surface area contributed by atoms with E-state index in [2.05, 4.69) is 6.92 Å². The first-order chi connectivity index (χ1) is 16.3. The number of para-hydroxylation sites is 1. The summed E-state index contributed by atoms with van der Waals surface area (Å²) in [5, 5.41) is 0.541. The molecule has 3 rings (SSSR count). The summed E-state index contributed by atoms with van der Waals surface area (Å²) < 4.78 is 35.9. The maximum Gasteiger partial charge on any atom is 0.261 e. The maximum absolute atomic E-state index is 13.8. The van der Waals surface area contributed by atoms with Crippen LogP contribution in [0, 0.1) is 0 Å². The molecule has 0 aliphatic rings. The van der Waals surface area contributed by atoms with Crippen LogP contribution >= 0.6 is 0 Å². The van der Waals surface area contributed by atoms with Gasteiger partial charge in [-0.1, -0.05) is 45.2 Å². The van der Waals surface area contributed by atoms with E-state index >= 15 is 0 Å². The van der Waals surface area contributed by atoms with E-state index in [-0.39, 0.29) is 10.5 Å². The molecule has 0 radical (unpaired) electrons. The number of unbranched alkanes of at least 4 members (excludes halogenated alkanes) is 3. The first kappa shape index (κ1) is 25.9. The highest BCUT2D eigenvalue weighted by atomic mass is 32.2. The summed E-state index contributed by atoms with van der Waals surface area (Å²) in [7, 11) is -2.29. The van der Waals surface area contributed by atoms with Gasteiger partial charge < -0.3 is 4.74 Å². The zero-order valence-electron chi connectivity index (χ0n) is 20.5.